The third-order valence-corrected chi connectivity index (χ3v) is 4.92. The lowest BCUT2D eigenvalue weighted by Crippen LogP contribution is -2.14. The first-order valence-electron chi connectivity index (χ1n) is 8.99. The second-order valence-electron chi connectivity index (χ2n) is 6.69. The Morgan fingerprint density at radius 1 is 0.931 bits per heavy atom. The number of rotatable bonds is 7. The molecule has 0 radical (unpaired) electrons. The van der Waals surface area contributed by atoms with Crippen LogP contribution in [0.25, 0.3) is 11.5 Å². The van der Waals surface area contributed by atoms with Gasteiger partial charge in [-0.1, -0.05) is 12.1 Å². The van der Waals surface area contributed by atoms with E-state index in [4.69, 9.17) is 0 Å². The first-order valence-corrected chi connectivity index (χ1v) is 10.9. The maximum Gasteiger partial charge on any atom is 0.232 e. The maximum atomic E-state index is 11.8. The van der Waals surface area contributed by atoms with Crippen LogP contribution in [-0.2, 0) is 9.84 Å². The molecular weight excluding hydrogens is 390 g/mol. The molecule has 1 aromatic carbocycles. The molecule has 9 nitrogen and oxygen atoms in total. The van der Waals surface area contributed by atoms with Crippen molar-refractivity contribution in [3.8, 4) is 11.5 Å². The van der Waals surface area contributed by atoms with Crippen molar-refractivity contribution in [3.05, 3.63) is 42.5 Å². The summed E-state index contributed by atoms with van der Waals surface area (Å²) in [4.78, 5) is 18.0. The predicted octanol–water partition coefficient (Wildman–Crippen LogP) is 2.94. The van der Waals surface area contributed by atoms with Gasteiger partial charge in [0.2, 0.25) is 11.9 Å². The van der Waals surface area contributed by atoms with Crippen LogP contribution in [0.2, 0.25) is 0 Å². The lowest BCUT2D eigenvalue weighted by atomic mass is 10.3. The molecule has 0 amide bonds. The normalized spacial score (nSPS) is 11.3. The van der Waals surface area contributed by atoms with Gasteiger partial charge in [0, 0.05) is 25.0 Å². The Balaban J connectivity index is 2.02. The van der Waals surface area contributed by atoms with E-state index in [1.807, 2.05) is 32.0 Å². The smallest absolute Gasteiger partial charge is 0.232 e. The number of pyridine rings is 1. The molecule has 0 saturated carbocycles. The molecule has 0 aliphatic rings. The molecule has 2 aromatic heterocycles. The molecule has 3 N–H and O–H groups in total. The summed E-state index contributed by atoms with van der Waals surface area (Å²) in [6.45, 7) is 3.96. The number of hydrogen-bond donors (Lipinski definition) is 3. The van der Waals surface area contributed by atoms with E-state index in [1.54, 1.807) is 19.2 Å². The van der Waals surface area contributed by atoms with Gasteiger partial charge >= 0.3 is 0 Å². The molecule has 29 heavy (non-hydrogen) atoms. The number of anilines is 4. The quantitative estimate of drug-likeness (QED) is 0.536. The zero-order valence-corrected chi connectivity index (χ0v) is 17.4. The molecule has 0 unspecified atom stereocenters. The molecule has 0 aliphatic carbocycles. The van der Waals surface area contributed by atoms with Gasteiger partial charge in [0.05, 0.1) is 4.90 Å². The van der Waals surface area contributed by atoms with Crippen LogP contribution in [0.4, 0.5) is 23.4 Å². The molecule has 10 heteroatoms. The van der Waals surface area contributed by atoms with Gasteiger partial charge in [0.15, 0.2) is 15.7 Å². The summed E-state index contributed by atoms with van der Waals surface area (Å²) in [6, 6.07) is 12.1. The van der Waals surface area contributed by atoms with Gasteiger partial charge in [-0.05, 0) is 44.2 Å². The average molecular weight is 414 g/mol. The van der Waals surface area contributed by atoms with Crippen LogP contribution in [0.3, 0.4) is 0 Å². The van der Waals surface area contributed by atoms with Gasteiger partial charge in [0.1, 0.15) is 11.5 Å². The summed E-state index contributed by atoms with van der Waals surface area (Å²) in [6.07, 6.45) is 1.16. The van der Waals surface area contributed by atoms with E-state index in [0.29, 0.717) is 29.0 Å². The molecule has 3 rings (SSSR count). The molecular formula is C19H23N7O2S. The van der Waals surface area contributed by atoms with E-state index >= 15 is 0 Å². The summed E-state index contributed by atoms with van der Waals surface area (Å²) in [5.74, 6) is 1.75. The minimum Gasteiger partial charge on any atom is -0.373 e. The van der Waals surface area contributed by atoms with Crippen LogP contribution in [0.5, 0.6) is 0 Å². The van der Waals surface area contributed by atoms with Crippen molar-refractivity contribution in [3.63, 3.8) is 0 Å². The van der Waals surface area contributed by atoms with Gasteiger partial charge in [-0.3, -0.25) is 0 Å². The number of nitrogens with one attached hydrogen (secondary N) is 3. The predicted molar refractivity (Wildman–Crippen MR) is 114 cm³/mol. The zero-order chi connectivity index (χ0) is 21.0. The van der Waals surface area contributed by atoms with Crippen molar-refractivity contribution < 1.29 is 8.42 Å². The SMILES string of the molecule is CNc1cccc(-c2nc(Nc3cccc(S(C)(=O)=O)c3)nc(NC(C)C)n2)n1. The van der Waals surface area contributed by atoms with Gasteiger partial charge in [-0.25, -0.2) is 13.4 Å². The highest BCUT2D eigenvalue weighted by molar-refractivity contribution is 7.90. The van der Waals surface area contributed by atoms with Gasteiger partial charge in [0.25, 0.3) is 0 Å². The standard InChI is InChI=1S/C19H23N7O2S/c1-12(2)21-18-24-17(15-9-6-10-16(20-3)23-15)25-19(26-18)22-13-7-5-8-14(11-13)29(4,27)28/h5-12H,1-4H3,(H,20,23)(H2,21,22,24,25,26). The Morgan fingerprint density at radius 2 is 1.66 bits per heavy atom. The summed E-state index contributed by atoms with van der Waals surface area (Å²) < 4.78 is 23.6. The monoisotopic (exact) mass is 413 g/mol. The van der Waals surface area contributed by atoms with E-state index in [1.165, 1.54) is 12.1 Å². The van der Waals surface area contributed by atoms with Gasteiger partial charge in [-0.15, -0.1) is 0 Å². The van der Waals surface area contributed by atoms with Crippen LogP contribution < -0.4 is 16.0 Å². The summed E-state index contributed by atoms with van der Waals surface area (Å²) in [5, 5.41) is 9.21. The van der Waals surface area contributed by atoms with Crippen molar-refractivity contribution >= 4 is 33.2 Å². The van der Waals surface area contributed by atoms with Crippen LogP contribution >= 0.6 is 0 Å². The van der Waals surface area contributed by atoms with Gasteiger partial charge < -0.3 is 16.0 Å². The van der Waals surface area contributed by atoms with Crippen molar-refractivity contribution in [1.82, 2.24) is 19.9 Å². The highest BCUT2D eigenvalue weighted by atomic mass is 32.2. The van der Waals surface area contributed by atoms with Crippen molar-refractivity contribution in [2.24, 2.45) is 0 Å². The molecule has 0 atom stereocenters. The highest BCUT2D eigenvalue weighted by Crippen LogP contribution is 2.22. The first kappa shape index (κ1) is 20.5. The lowest BCUT2D eigenvalue weighted by Gasteiger charge is -2.12. The van der Waals surface area contributed by atoms with E-state index in [-0.39, 0.29) is 16.9 Å². The Kier molecular flexibility index (Phi) is 5.92. The number of hydrogen-bond acceptors (Lipinski definition) is 9. The van der Waals surface area contributed by atoms with Crippen LogP contribution in [0, 0.1) is 0 Å². The molecule has 0 fully saturated rings. The summed E-state index contributed by atoms with van der Waals surface area (Å²) in [5.41, 5.74) is 1.14. The Morgan fingerprint density at radius 3 is 2.34 bits per heavy atom. The zero-order valence-electron chi connectivity index (χ0n) is 16.6. The average Bonchev–Trinajstić information content (AvgIpc) is 2.67. The number of sulfone groups is 1. The largest absolute Gasteiger partial charge is 0.373 e. The van der Waals surface area contributed by atoms with E-state index in [9.17, 15) is 8.42 Å². The van der Waals surface area contributed by atoms with Crippen LogP contribution in [0.15, 0.2) is 47.4 Å². The third kappa shape index (κ3) is 5.38. The Hall–Kier alpha value is -3.27. The van der Waals surface area contributed by atoms with E-state index in [0.717, 1.165) is 6.26 Å². The number of benzene rings is 1. The molecule has 3 aromatic rings. The molecule has 0 aliphatic heterocycles. The lowest BCUT2D eigenvalue weighted by molar-refractivity contribution is 0.602. The summed E-state index contributed by atoms with van der Waals surface area (Å²) >= 11 is 0. The van der Waals surface area contributed by atoms with Crippen molar-refractivity contribution in [2.45, 2.75) is 24.8 Å². The third-order valence-electron chi connectivity index (χ3n) is 3.81. The topological polar surface area (TPSA) is 122 Å². The maximum absolute atomic E-state index is 11.8. The minimum absolute atomic E-state index is 0.114. The van der Waals surface area contributed by atoms with E-state index < -0.39 is 9.84 Å². The molecule has 152 valence electrons. The fraction of sp³-hybridized carbons (Fsp3) is 0.263. The minimum atomic E-state index is -3.32. The first-order chi connectivity index (χ1) is 13.7. The fourth-order valence-electron chi connectivity index (χ4n) is 2.50. The Labute approximate surface area is 170 Å². The Bertz CT molecular complexity index is 1120. The van der Waals surface area contributed by atoms with Gasteiger partial charge in [-0.2, -0.15) is 15.0 Å². The molecule has 2 heterocycles. The van der Waals surface area contributed by atoms with Crippen molar-refractivity contribution in [2.75, 3.05) is 29.3 Å². The van der Waals surface area contributed by atoms with Crippen LogP contribution in [-0.4, -0.2) is 47.7 Å². The van der Waals surface area contributed by atoms with E-state index in [2.05, 4.69) is 35.9 Å². The highest BCUT2D eigenvalue weighted by Gasteiger charge is 2.13. The second kappa shape index (κ2) is 8.39. The molecule has 0 spiro atoms. The summed E-state index contributed by atoms with van der Waals surface area (Å²) in [7, 11) is -1.54. The second-order valence-corrected chi connectivity index (χ2v) is 8.70. The molecule has 0 bridgehead atoms. The molecule has 0 saturated heterocycles. The van der Waals surface area contributed by atoms with Crippen LogP contribution in [0.1, 0.15) is 13.8 Å². The van der Waals surface area contributed by atoms with Crippen molar-refractivity contribution in [1.29, 1.82) is 0 Å². The number of nitrogens with zero attached hydrogens (tertiary/aromatic N) is 4. The fourth-order valence-corrected chi connectivity index (χ4v) is 3.17. The number of aromatic nitrogens is 4.